The largest absolute Gasteiger partial charge is 0.369 e. The smallest absolute Gasteiger partial charge is 0.191 e. The van der Waals surface area contributed by atoms with Gasteiger partial charge in [-0.3, -0.25) is 4.99 Å². The highest BCUT2D eigenvalue weighted by molar-refractivity contribution is 5.80. The molecule has 2 aliphatic rings. The number of rotatable bonds is 7. The average molecular weight is 372 g/mol. The summed E-state index contributed by atoms with van der Waals surface area (Å²) in [4.78, 5) is 9.96. The number of aryl methyl sites for hydroxylation is 1. The lowest BCUT2D eigenvalue weighted by molar-refractivity contribution is 0.326. The second kappa shape index (κ2) is 9.98. The molecule has 1 aromatic carbocycles. The van der Waals surface area contributed by atoms with Gasteiger partial charge in [0.25, 0.3) is 0 Å². The molecule has 2 heterocycles. The lowest BCUT2D eigenvalue weighted by Gasteiger charge is -2.21. The summed E-state index contributed by atoms with van der Waals surface area (Å²) in [5, 5.41) is 7.11. The third-order valence-electron chi connectivity index (χ3n) is 5.69. The Morgan fingerprint density at radius 3 is 2.67 bits per heavy atom. The van der Waals surface area contributed by atoms with E-state index in [9.17, 15) is 0 Å². The Kier molecular flexibility index (Phi) is 7.39. The van der Waals surface area contributed by atoms with E-state index in [-0.39, 0.29) is 0 Å². The summed E-state index contributed by atoms with van der Waals surface area (Å²) in [6.07, 6.45) is 3.69. The first-order valence-electron chi connectivity index (χ1n) is 10.8. The summed E-state index contributed by atoms with van der Waals surface area (Å²) in [7, 11) is 0. The fourth-order valence-electron chi connectivity index (χ4n) is 4.18. The molecule has 0 saturated carbocycles. The molecule has 1 aromatic rings. The van der Waals surface area contributed by atoms with Gasteiger partial charge in [-0.25, -0.2) is 0 Å². The van der Waals surface area contributed by atoms with E-state index in [4.69, 9.17) is 4.99 Å². The second-order valence-electron chi connectivity index (χ2n) is 8.09. The van der Waals surface area contributed by atoms with Gasteiger partial charge in [-0.15, -0.1) is 0 Å². The molecule has 2 N–H and O–H groups in total. The van der Waals surface area contributed by atoms with Gasteiger partial charge in [0.15, 0.2) is 5.96 Å². The first kappa shape index (κ1) is 20.0. The van der Waals surface area contributed by atoms with Gasteiger partial charge in [-0.05, 0) is 64.3 Å². The van der Waals surface area contributed by atoms with Crippen LogP contribution in [0.2, 0.25) is 0 Å². The number of guanidine groups is 1. The van der Waals surface area contributed by atoms with Crippen LogP contribution in [-0.4, -0.2) is 62.7 Å². The number of hydrogen-bond donors (Lipinski definition) is 2. The van der Waals surface area contributed by atoms with Crippen molar-refractivity contribution in [3.63, 3.8) is 0 Å². The summed E-state index contributed by atoms with van der Waals surface area (Å²) in [6.45, 7) is 14.2. The fraction of sp³-hybridized carbons (Fsp3) is 0.682. The molecule has 5 nitrogen and oxygen atoms in total. The first-order chi connectivity index (χ1) is 13.2. The first-order valence-corrected chi connectivity index (χ1v) is 10.8. The molecule has 0 bridgehead atoms. The second-order valence-corrected chi connectivity index (χ2v) is 8.09. The third kappa shape index (κ3) is 5.86. The molecule has 0 radical (unpaired) electrons. The Labute approximate surface area is 165 Å². The van der Waals surface area contributed by atoms with E-state index < -0.39 is 0 Å². The Morgan fingerprint density at radius 2 is 1.93 bits per heavy atom. The predicted molar refractivity (Wildman–Crippen MR) is 116 cm³/mol. The maximum atomic E-state index is 4.91. The zero-order chi connectivity index (χ0) is 19.1. The van der Waals surface area contributed by atoms with E-state index in [1.165, 1.54) is 43.7 Å². The maximum Gasteiger partial charge on any atom is 0.191 e. The lowest BCUT2D eigenvalue weighted by atomic mass is 10.1. The van der Waals surface area contributed by atoms with Crippen LogP contribution in [-0.2, 0) is 0 Å². The summed E-state index contributed by atoms with van der Waals surface area (Å²) >= 11 is 0. The van der Waals surface area contributed by atoms with Gasteiger partial charge in [0, 0.05) is 44.5 Å². The minimum absolute atomic E-state index is 0.462. The van der Waals surface area contributed by atoms with Gasteiger partial charge in [0.1, 0.15) is 0 Å². The van der Waals surface area contributed by atoms with E-state index >= 15 is 0 Å². The number of aliphatic imine (C=N–C) groups is 1. The van der Waals surface area contributed by atoms with Crippen molar-refractivity contribution < 1.29 is 0 Å². The van der Waals surface area contributed by atoms with Crippen LogP contribution in [0.15, 0.2) is 29.3 Å². The van der Waals surface area contributed by atoms with Crippen LogP contribution in [0.4, 0.5) is 5.69 Å². The van der Waals surface area contributed by atoms with E-state index in [2.05, 4.69) is 65.5 Å². The molecule has 27 heavy (non-hydrogen) atoms. The van der Waals surface area contributed by atoms with E-state index in [1.54, 1.807) is 0 Å². The van der Waals surface area contributed by atoms with Crippen molar-refractivity contribution in [2.24, 2.45) is 10.9 Å². The fourth-order valence-corrected chi connectivity index (χ4v) is 4.18. The van der Waals surface area contributed by atoms with Crippen molar-refractivity contribution >= 4 is 11.6 Å². The van der Waals surface area contributed by atoms with Crippen molar-refractivity contribution in [3.8, 4) is 0 Å². The summed E-state index contributed by atoms with van der Waals surface area (Å²) in [5.41, 5.74) is 2.65. The number of anilines is 1. The minimum Gasteiger partial charge on any atom is -0.369 e. The van der Waals surface area contributed by atoms with Crippen LogP contribution in [0.25, 0.3) is 0 Å². The molecule has 0 aromatic heterocycles. The lowest BCUT2D eigenvalue weighted by Crippen LogP contribution is -2.45. The molecule has 2 aliphatic heterocycles. The number of benzene rings is 1. The molecule has 0 amide bonds. The highest BCUT2D eigenvalue weighted by Crippen LogP contribution is 2.21. The Balaban J connectivity index is 1.50. The molecule has 150 valence electrons. The molecule has 2 atom stereocenters. The van der Waals surface area contributed by atoms with Gasteiger partial charge >= 0.3 is 0 Å². The normalized spacial score (nSPS) is 23.8. The van der Waals surface area contributed by atoms with Crippen LogP contribution in [0.1, 0.15) is 38.7 Å². The maximum absolute atomic E-state index is 4.91. The van der Waals surface area contributed by atoms with Crippen molar-refractivity contribution in [1.29, 1.82) is 0 Å². The summed E-state index contributed by atoms with van der Waals surface area (Å²) in [6, 6.07) is 9.33. The van der Waals surface area contributed by atoms with Crippen molar-refractivity contribution in [2.45, 2.75) is 46.1 Å². The van der Waals surface area contributed by atoms with E-state index in [0.29, 0.717) is 12.0 Å². The van der Waals surface area contributed by atoms with Gasteiger partial charge in [0.05, 0.1) is 0 Å². The molecule has 2 fully saturated rings. The topological polar surface area (TPSA) is 42.9 Å². The zero-order valence-corrected chi connectivity index (χ0v) is 17.4. The van der Waals surface area contributed by atoms with Gasteiger partial charge in [-0.2, -0.15) is 0 Å². The highest BCUT2D eigenvalue weighted by atomic mass is 15.2. The van der Waals surface area contributed by atoms with Gasteiger partial charge in [-0.1, -0.05) is 24.6 Å². The molecule has 3 rings (SSSR count). The zero-order valence-electron chi connectivity index (χ0n) is 17.4. The van der Waals surface area contributed by atoms with Gasteiger partial charge in [0.2, 0.25) is 0 Å². The number of nitrogens with zero attached hydrogens (tertiary/aromatic N) is 3. The van der Waals surface area contributed by atoms with E-state index in [1.807, 2.05) is 0 Å². The predicted octanol–water partition coefficient (Wildman–Crippen LogP) is 2.86. The van der Waals surface area contributed by atoms with Crippen LogP contribution in [0, 0.1) is 12.8 Å². The number of hydrogen-bond acceptors (Lipinski definition) is 3. The molecule has 5 heteroatoms. The Bertz CT molecular complexity index is 597. The average Bonchev–Trinajstić information content (AvgIpc) is 3.30. The SMILES string of the molecule is CCCN1CCC(CN=C(NCC)NC2CCN(c3ccc(C)cc3)C2)C1. The molecule has 0 spiro atoms. The van der Waals surface area contributed by atoms with Crippen LogP contribution in [0.5, 0.6) is 0 Å². The summed E-state index contributed by atoms with van der Waals surface area (Å²) in [5.74, 6) is 1.70. The van der Waals surface area contributed by atoms with Crippen molar-refractivity contribution in [1.82, 2.24) is 15.5 Å². The Hall–Kier alpha value is -1.75. The molecular formula is C22H37N5. The van der Waals surface area contributed by atoms with Gasteiger partial charge < -0.3 is 20.4 Å². The van der Waals surface area contributed by atoms with Crippen molar-refractivity contribution in [3.05, 3.63) is 29.8 Å². The van der Waals surface area contributed by atoms with E-state index in [0.717, 1.165) is 38.6 Å². The molecule has 2 saturated heterocycles. The molecule has 2 unspecified atom stereocenters. The number of nitrogens with one attached hydrogen (secondary N) is 2. The van der Waals surface area contributed by atoms with Crippen LogP contribution in [0.3, 0.4) is 0 Å². The Morgan fingerprint density at radius 1 is 1.11 bits per heavy atom. The third-order valence-corrected chi connectivity index (χ3v) is 5.69. The van der Waals surface area contributed by atoms with Crippen LogP contribution < -0.4 is 15.5 Å². The summed E-state index contributed by atoms with van der Waals surface area (Å²) < 4.78 is 0. The quantitative estimate of drug-likeness (QED) is 0.571. The highest BCUT2D eigenvalue weighted by Gasteiger charge is 2.24. The molecule has 0 aliphatic carbocycles. The standard InChI is InChI=1S/C22H37N5/c1-4-12-26-13-10-19(16-26)15-24-22(23-5-2)25-20-11-14-27(17-20)21-8-6-18(3)7-9-21/h6-9,19-20H,4-5,10-17H2,1-3H3,(H2,23,24,25). The number of likely N-dealkylation sites (tertiary alicyclic amines) is 1. The minimum atomic E-state index is 0.462. The monoisotopic (exact) mass is 371 g/mol. The molecular weight excluding hydrogens is 334 g/mol. The van der Waals surface area contributed by atoms with Crippen LogP contribution >= 0.6 is 0 Å². The van der Waals surface area contributed by atoms with Crippen molar-refractivity contribution in [2.75, 3.05) is 50.7 Å².